The van der Waals surface area contributed by atoms with Crippen LogP contribution in [0.5, 0.6) is 11.5 Å². The van der Waals surface area contributed by atoms with Crippen LogP contribution in [-0.4, -0.2) is 27.9 Å². The zero-order valence-electron chi connectivity index (χ0n) is 17.8. The third-order valence-electron chi connectivity index (χ3n) is 5.73. The molecule has 0 saturated heterocycles. The van der Waals surface area contributed by atoms with E-state index < -0.39 is 0 Å². The Balaban J connectivity index is 1.56. The van der Waals surface area contributed by atoms with E-state index >= 15 is 0 Å². The molecule has 0 radical (unpaired) electrons. The summed E-state index contributed by atoms with van der Waals surface area (Å²) < 4.78 is 12.7. The number of anilines is 2. The van der Waals surface area contributed by atoms with Gasteiger partial charge in [0.2, 0.25) is 12.7 Å². The van der Waals surface area contributed by atoms with E-state index in [4.69, 9.17) is 37.7 Å². The maximum absolute atomic E-state index is 13.3. The van der Waals surface area contributed by atoms with E-state index in [0.29, 0.717) is 42.3 Å². The quantitative estimate of drug-likeness (QED) is 0.547. The van der Waals surface area contributed by atoms with Crippen molar-refractivity contribution in [3.8, 4) is 11.5 Å². The molecule has 3 aromatic rings. The Hall–Kier alpha value is -2.74. The molecule has 5 rings (SSSR count). The van der Waals surface area contributed by atoms with Crippen LogP contribution in [0.15, 0.2) is 41.2 Å². The van der Waals surface area contributed by atoms with Gasteiger partial charge in [-0.2, -0.15) is 0 Å². The number of aryl methyl sites for hydroxylation is 1. The third kappa shape index (κ3) is 3.81. The van der Waals surface area contributed by atoms with Crippen LogP contribution in [0.1, 0.15) is 23.7 Å². The average Bonchev–Trinajstić information content (AvgIpc) is 3.21. The minimum absolute atomic E-state index is 0.0245. The fourth-order valence-corrected chi connectivity index (χ4v) is 4.74. The minimum atomic E-state index is -0.0245. The van der Waals surface area contributed by atoms with Gasteiger partial charge in [0.1, 0.15) is 0 Å². The molecule has 0 bridgehead atoms. The molecule has 0 saturated carbocycles. The molecule has 2 aromatic carbocycles. The normalized spacial score (nSPS) is 15.2. The van der Waals surface area contributed by atoms with Gasteiger partial charge in [-0.15, -0.1) is 0 Å². The van der Waals surface area contributed by atoms with Crippen LogP contribution in [0.3, 0.4) is 0 Å². The molecule has 0 aliphatic carbocycles. The van der Waals surface area contributed by atoms with Crippen LogP contribution in [0.2, 0.25) is 10.0 Å². The van der Waals surface area contributed by atoms with Crippen LogP contribution in [-0.2, 0) is 19.6 Å². The Morgan fingerprint density at radius 2 is 1.78 bits per heavy atom. The first-order chi connectivity index (χ1) is 15.4. The molecule has 0 N–H and O–H groups in total. The number of hydrogen-bond donors (Lipinski definition) is 0. The zero-order chi connectivity index (χ0) is 22.4. The van der Waals surface area contributed by atoms with E-state index in [-0.39, 0.29) is 12.4 Å². The van der Waals surface area contributed by atoms with Gasteiger partial charge in [0, 0.05) is 33.5 Å². The molecule has 0 spiro atoms. The standard InChI is InChI=1S/C23H22Cl2N4O3/c1-3-19-14(2)26-23-28(18-8-16(24)7-17(25)9-18)11-27(12-29(23)22(19)30)10-15-4-5-20-21(6-15)32-13-31-20/h4-9H,3,10-13H2,1-2H3. The van der Waals surface area contributed by atoms with Gasteiger partial charge in [-0.25, -0.2) is 4.98 Å². The smallest absolute Gasteiger partial charge is 0.259 e. The number of halogens is 2. The van der Waals surface area contributed by atoms with Crippen molar-refractivity contribution in [2.24, 2.45) is 0 Å². The first kappa shape index (κ1) is 21.1. The van der Waals surface area contributed by atoms with Gasteiger partial charge < -0.3 is 9.47 Å². The van der Waals surface area contributed by atoms with Gasteiger partial charge in [-0.05, 0) is 49.2 Å². The lowest BCUT2D eigenvalue weighted by Gasteiger charge is -2.38. The Labute approximate surface area is 195 Å². The van der Waals surface area contributed by atoms with Crippen LogP contribution in [0.4, 0.5) is 11.6 Å². The molecule has 7 nitrogen and oxygen atoms in total. The molecule has 166 valence electrons. The molecule has 0 fully saturated rings. The van der Waals surface area contributed by atoms with E-state index in [1.54, 1.807) is 10.6 Å². The molecular formula is C23H22Cl2N4O3. The summed E-state index contributed by atoms with van der Waals surface area (Å²) in [5, 5.41) is 1.05. The highest BCUT2D eigenvalue weighted by Crippen LogP contribution is 2.35. The fraction of sp³-hybridized carbons (Fsp3) is 0.304. The van der Waals surface area contributed by atoms with Crippen molar-refractivity contribution in [2.45, 2.75) is 33.5 Å². The van der Waals surface area contributed by atoms with Crippen molar-refractivity contribution in [3.05, 3.63) is 73.6 Å². The van der Waals surface area contributed by atoms with Gasteiger partial charge in [-0.1, -0.05) is 36.2 Å². The Bertz CT molecular complexity index is 1240. The van der Waals surface area contributed by atoms with E-state index in [1.165, 1.54) is 0 Å². The lowest BCUT2D eigenvalue weighted by Crippen LogP contribution is -2.47. The summed E-state index contributed by atoms with van der Waals surface area (Å²) in [6.07, 6.45) is 0.628. The second-order valence-electron chi connectivity index (χ2n) is 7.92. The number of fused-ring (bicyclic) bond motifs is 2. The highest BCUT2D eigenvalue weighted by Gasteiger charge is 2.28. The molecule has 2 aliphatic rings. The summed E-state index contributed by atoms with van der Waals surface area (Å²) in [6, 6.07) is 11.3. The molecule has 32 heavy (non-hydrogen) atoms. The topological polar surface area (TPSA) is 59.8 Å². The molecule has 3 heterocycles. The molecule has 9 heteroatoms. The summed E-state index contributed by atoms with van der Waals surface area (Å²) in [5.41, 5.74) is 3.28. The zero-order valence-corrected chi connectivity index (χ0v) is 19.3. The van der Waals surface area contributed by atoms with E-state index in [2.05, 4.69) is 4.90 Å². The summed E-state index contributed by atoms with van der Waals surface area (Å²) in [5.74, 6) is 2.07. The van der Waals surface area contributed by atoms with Crippen molar-refractivity contribution in [3.63, 3.8) is 0 Å². The molecule has 0 amide bonds. The van der Waals surface area contributed by atoms with Crippen molar-refractivity contribution < 1.29 is 9.47 Å². The Morgan fingerprint density at radius 1 is 1.03 bits per heavy atom. The minimum Gasteiger partial charge on any atom is -0.454 e. The number of benzene rings is 2. The van der Waals surface area contributed by atoms with Gasteiger partial charge in [0.05, 0.1) is 13.3 Å². The Kier molecular flexibility index (Phi) is 5.49. The highest BCUT2D eigenvalue weighted by atomic mass is 35.5. The fourth-order valence-electron chi connectivity index (χ4n) is 4.22. The predicted octanol–water partition coefficient (Wildman–Crippen LogP) is 4.72. The first-order valence-corrected chi connectivity index (χ1v) is 11.1. The number of rotatable bonds is 4. The summed E-state index contributed by atoms with van der Waals surface area (Å²) in [7, 11) is 0. The number of hydrogen-bond acceptors (Lipinski definition) is 6. The first-order valence-electron chi connectivity index (χ1n) is 10.4. The molecule has 0 unspecified atom stereocenters. The number of ether oxygens (including phenoxy) is 2. The van der Waals surface area contributed by atoms with E-state index in [9.17, 15) is 4.79 Å². The predicted molar refractivity (Wildman–Crippen MR) is 124 cm³/mol. The largest absolute Gasteiger partial charge is 0.454 e. The molecule has 0 atom stereocenters. The van der Waals surface area contributed by atoms with Crippen molar-refractivity contribution in [1.29, 1.82) is 0 Å². The summed E-state index contributed by atoms with van der Waals surface area (Å²) in [6.45, 7) is 5.64. The highest BCUT2D eigenvalue weighted by molar-refractivity contribution is 6.35. The summed E-state index contributed by atoms with van der Waals surface area (Å²) in [4.78, 5) is 22.2. The van der Waals surface area contributed by atoms with Gasteiger partial charge in [0.25, 0.3) is 5.56 Å². The van der Waals surface area contributed by atoms with Crippen molar-refractivity contribution >= 4 is 34.8 Å². The summed E-state index contributed by atoms with van der Waals surface area (Å²) >= 11 is 12.6. The van der Waals surface area contributed by atoms with Crippen LogP contribution < -0.4 is 19.9 Å². The van der Waals surface area contributed by atoms with Gasteiger partial charge in [-0.3, -0.25) is 19.2 Å². The van der Waals surface area contributed by atoms with Crippen molar-refractivity contribution in [1.82, 2.24) is 14.5 Å². The second-order valence-corrected chi connectivity index (χ2v) is 8.79. The number of nitrogens with zero attached hydrogens (tertiary/aromatic N) is 4. The van der Waals surface area contributed by atoms with E-state index in [0.717, 1.165) is 34.0 Å². The SMILES string of the molecule is CCc1c(C)nc2n(c1=O)CN(Cc1ccc3c(c1)OCO3)CN2c1cc(Cl)cc(Cl)c1. The maximum Gasteiger partial charge on any atom is 0.259 e. The van der Waals surface area contributed by atoms with Gasteiger partial charge >= 0.3 is 0 Å². The van der Waals surface area contributed by atoms with Crippen LogP contribution >= 0.6 is 23.2 Å². The lowest BCUT2D eigenvalue weighted by atomic mass is 10.1. The van der Waals surface area contributed by atoms with Crippen LogP contribution in [0.25, 0.3) is 0 Å². The van der Waals surface area contributed by atoms with Crippen molar-refractivity contribution in [2.75, 3.05) is 18.4 Å². The lowest BCUT2D eigenvalue weighted by molar-refractivity contribution is 0.173. The monoisotopic (exact) mass is 472 g/mol. The second kappa shape index (κ2) is 8.31. The molecule has 1 aromatic heterocycles. The molecular weight excluding hydrogens is 451 g/mol. The average molecular weight is 473 g/mol. The van der Waals surface area contributed by atoms with Gasteiger partial charge in [0.15, 0.2) is 11.5 Å². The number of aromatic nitrogens is 2. The third-order valence-corrected chi connectivity index (χ3v) is 6.17. The molecule has 2 aliphatic heterocycles. The van der Waals surface area contributed by atoms with Crippen LogP contribution in [0, 0.1) is 6.92 Å². The Morgan fingerprint density at radius 3 is 2.53 bits per heavy atom. The maximum atomic E-state index is 13.3. The van der Waals surface area contributed by atoms with E-state index in [1.807, 2.05) is 49.1 Å².